The molecule has 58 heavy (non-hydrogen) atoms. The third kappa shape index (κ3) is 17.0. The Hall–Kier alpha value is -4.14. The van der Waals surface area contributed by atoms with Crippen molar-refractivity contribution in [2.45, 2.75) is 116 Å². The van der Waals surface area contributed by atoms with Gasteiger partial charge in [-0.25, -0.2) is 0 Å². The molecule has 1 aliphatic rings. The summed E-state index contributed by atoms with van der Waals surface area (Å²) in [6, 6.07) is 13.6. The number of benzene rings is 2. The van der Waals surface area contributed by atoms with Gasteiger partial charge in [0.25, 0.3) is 6.29 Å². The molecule has 0 bridgehead atoms. The number of halogens is 1. The standard InChI is InChI=1S/C44H64ClN3O10/c1-27(2)20-38(43(53)54)57-44(55)29(4)24-47-42(52)33(21-31-16-19-37(56-6)36(45)22-31)23-35(49)12-8-7-10-28(3)40-41(58-40)32-17-14-30(15-18-32)25-48(5)26-34(46)11-9-13-39(50)51/h8,12,14-19,22,26-29,33,35,38,40-41,43,49,53-54H,7,9-11,13,20-21,23-25,46H2,1-6H3,(H,47,52)(H,50,51)/p+1/b12-8+,34-26-/t28?,29?,33-,35?,38?,40?,41?/m0/s1. The number of rotatable bonds is 26. The molecule has 0 aliphatic carbocycles. The lowest BCUT2D eigenvalue weighted by Gasteiger charge is -2.22. The summed E-state index contributed by atoms with van der Waals surface area (Å²) < 4.78 is 16.7. The van der Waals surface area contributed by atoms with E-state index in [2.05, 4.69) is 36.5 Å². The van der Waals surface area contributed by atoms with Crippen molar-refractivity contribution in [2.24, 2.45) is 29.4 Å². The first kappa shape index (κ1) is 48.2. The molecule has 8 atom stereocenters. The molecule has 8 N–H and O–H groups in total. The van der Waals surface area contributed by atoms with Gasteiger partial charge in [0.05, 0.1) is 30.3 Å². The Morgan fingerprint density at radius 3 is 2.36 bits per heavy atom. The van der Waals surface area contributed by atoms with Crippen LogP contribution in [0.15, 0.2) is 66.5 Å². The van der Waals surface area contributed by atoms with E-state index in [9.17, 15) is 24.6 Å². The largest absolute Gasteiger partial charge is 0.495 e. The first-order valence-electron chi connectivity index (χ1n) is 20.1. The number of nitrogens with one attached hydrogen (secondary N) is 1. The van der Waals surface area contributed by atoms with Crippen LogP contribution in [-0.4, -0.2) is 88.5 Å². The Morgan fingerprint density at radius 1 is 1.05 bits per heavy atom. The molecule has 7 unspecified atom stereocenters. The van der Waals surface area contributed by atoms with Crippen LogP contribution in [0.3, 0.4) is 0 Å². The van der Waals surface area contributed by atoms with Crippen LogP contribution in [0, 0.1) is 23.7 Å². The number of ether oxygens (including phenoxy) is 3. The smallest absolute Gasteiger partial charge is 0.311 e. The second-order valence-electron chi connectivity index (χ2n) is 16.0. The zero-order valence-corrected chi connectivity index (χ0v) is 35.5. The highest BCUT2D eigenvalue weighted by atomic mass is 35.5. The van der Waals surface area contributed by atoms with Crippen molar-refractivity contribution in [2.75, 3.05) is 20.7 Å². The van der Waals surface area contributed by atoms with E-state index in [1.54, 1.807) is 25.1 Å². The molecule has 0 aromatic heterocycles. The normalized spacial score (nSPS) is 18.6. The van der Waals surface area contributed by atoms with Crippen molar-refractivity contribution >= 4 is 29.4 Å². The van der Waals surface area contributed by atoms with Crippen LogP contribution < -0.4 is 15.8 Å². The van der Waals surface area contributed by atoms with E-state index < -0.39 is 42.3 Å². The summed E-state index contributed by atoms with van der Waals surface area (Å²) in [5.74, 6) is -2.24. The Labute approximate surface area is 348 Å². The monoisotopic (exact) mass is 830 g/mol. The van der Waals surface area contributed by atoms with Gasteiger partial charge in [0.2, 0.25) is 12.0 Å². The molecule has 2 aromatic carbocycles. The van der Waals surface area contributed by atoms with Gasteiger partial charge in [0.1, 0.15) is 11.9 Å². The van der Waals surface area contributed by atoms with E-state index in [1.807, 2.05) is 44.1 Å². The molecule has 0 spiro atoms. The minimum atomic E-state index is -1.56. The maximum Gasteiger partial charge on any atom is 0.311 e. The van der Waals surface area contributed by atoms with E-state index in [4.69, 9.17) is 41.8 Å². The van der Waals surface area contributed by atoms with E-state index >= 15 is 0 Å². The van der Waals surface area contributed by atoms with Crippen LogP contribution in [-0.2, 0) is 36.8 Å². The lowest BCUT2D eigenvalue weighted by molar-refractivity contribution is -0.181. The molecule has 1 fully saturated rings. The molecule has 1 heterocycles. The summed E-state index contributed by atoms with van der Waals surface area (Å²) >= 11 is 6.37. The van der Waals surface area contributed by atoms with Crippen LogP contribution >= 0.6 is 11.6 Å². The van der Waals surface area contributed by atoms with Gasteiger partial charge in [-0.15, -0.1) is 0 Å². The van der Waals surface area contributed by atoms with Gasteiger partial charge >= 0.3 is 11.9 Å². The Balaban J connectivity index is 1.51. The van der Waals surface area contributed by atoms with Crippen LogP contribution in [0.4, 0.5) is 0 Å². The number of aliphatic hydroxyl groups excluding tert-OH is 2. The van der Waals surface area contributed by atoms with Gasteiger partial charge < -0.3 is 50.6 Å². The molecule has 3 rings (SSSR count). The molecule has 13 nitrogen and oxygen atoms in total. The summed E-state index contributed by atoms with van der Waals surface area (Å²) in [6.45, 7) is 8.24. The second-order valence-corrected chi connectivity index (χ2v) is 16.4. The fourth-order valence-corrected chi connectivity index (χ4v) is 7.05. The molecular formula is C44H65ClN3O10+. The number of amides is 1. The van der Waals surface area contributed by atoms with Gasteiger partial charge in [-0.3, -0.25) is 14.4 Å². The predicted molar refractivity (Wildman–Crippen MR) is 224 cm³/mol. The van der Waals surface area contributed by atoms with Gasteiger partial charge in [0.15, 0.2) is 0 Å². The van der Waals surface area contributed by atoms with Crippen LogP contribution in [0.5, 0.6) is 5.75 Å². The SMILES string of the molecule is COc1ccc(C[C@@H](CC(O)/C=C/CCC(C)C2OC2c2ccc(CN(C)/C=C(\N)CCCC(=O)O)cc2)C(=O)NCC(C)C(=O)OC(CC(C)C)C(O)[OH2+])cc1Cl. The Morgan fingerprint density at radius 2 is 1.74 bits per heavy atom. The molecule has 14 heteroatoms. The van der Waals surface area contributed by atoms with Gasteiger partial charge in [-0.2, -0.15) is 0 Å². The lowest BCUT2D eigenvalue weighted by atomic mass is 9.92. The van der Waals surface area contributed by atoms with Crippen molar-refractivity contribution in [3.05, 3.63) is 88.2 Å². The molecule has 322 valence electrons. The number of nitrogens with two attached hydrogens (primary N) is 1. The van der Waals surface area contributed by atoms with Crippen LogP contribution in [0.1, 0.15) is 95.4 Å². The van der Waals surface area contributed by atoms with Gasteiger partial charge in [-0.05, 0) is 85.6 Å². The third-order valence-electron chi connectivity index (χ3n) is 10.1. The van der Waals surface area contributed by atoms with Crippen molar-refractivity contribution in [1.82, 2.24) is 10.2 Å². The summed E-state index contributed by atoms with van der Waals surface area (Å²) in [6.07, 6.45) is 5.69. The highest BCUT2D eigenvalue weighted by Crippen LogP contribution is 2.44. The quantitative estimate of drug-likeness (QED) is 0.0259. The first-order valence-corrected chi connectivity index (χ1v) is 20.5. The van der Waals surface area contributed by atoms with Crippen LogP contribution in [0.2, 0.25) is 5.02 Å². The van der Waals surface area contributed by atoms with Crippen molar-refractivity contribution in [3.8, 4) is 5.75 Å². The number of hydrogen-bond donors (Lipinski definition) is 5. The average Bonchev–Trinajstić information content (AvgIpc) is 3.96. The third-order valence-corrected chi connectivity index (χ3v) is 10.4. The maximum absolute atomic E-state index is 13.5. The van der Waals surface area contributed by atoms with E-state index in [0.29, 0.717) is 42.3 Å². The minimum Gasteiger partial charge on any atom is -0.495 e. The number of nitrogens with zero attached hydrogens (tertiary/aromatic N) is 1. The number of allylic oxidation sites excluding steroid dienone is 2. The molecule has 0 saturated carbocycles. The van der Waals surface area contributed by atoms with Crippen molar-refractivity contribution in [1.29, 1.82) is 0 Å². The fourth-order valence-electron chi connectivity index (χ4n) is 6.77. The Bertz CT molecular complexity index is 1670. The number of carboxylic acid groups (broad SMARTS) is 1. The zero-order chi connectivity index (χ0) is 42.9. The predicted octanol–water partition coefficient (Wildman–Crippen LogP) is 5.61. The summed E-state index contributed by atoms with van der Waals surface area (Å²) in [4.78, 5) is 39.0. The molecule has 1 saturated heterocycles. The topological polar surface area (TPSA) is 207 Å². The first-order chi connectivity index (χ1) is 27.5. The number of methoxy groups -OCH3 is 1. The summed E-state index contributed by atoms with van der Waals surface area (Å²) in [5, 5.41) is 40.5. The van der Waals surface area contributed by atoms with E-state index in [-0.39, 0.29) is 55.8 Å². The molecule has 0 radical (unpaired) electrons. The summed E-state index contributed by atoms with van der Waals surface area (Å²) in [5.41, 5.74) is 9.74. The zero-order valence-electron chi connectivity index (χ0n) is 34.7. The number of epoxide rings is 1. The van der Waals surface area contributed by atoms with Crippen LogP contribution in [0.25, 0.3) is 0 Å². The number of carboxylic acids is 1. The number of aliphatic hydroxyl groups is 2. The lowest BCUT2D eigenvalue weighted by Crippen LogP contribution is -2.40. The molecule has 1 amide bonds. The number of carbonyl (C=O) groups excluding carboxylic acids is 2. The second kappa shape index (κ2) is 24.1. The van der Waals surface area contributed by atoms with Crippen molar-refractivity contribution < 1.29 is 49.0 Å². The molecular weight excluding hydrogens is 766 g/mol. The number of hydrogen-bond acceptors (Lipinski definition) is 10. The average molecular weight is 831 g/mol. The van der Waals surface area contributed by atoms with Crippen molar-refractivity contribution in [3.63, 3.8) is 0 Å². The van der Waals surface area contributed by atoms with Gasteiger partial charge in [-0.1, -0.05) is 81.8 Å². The maximum atomic E-state index is 13.5. The van der Waals surface area contributed by atoms with Gasteiger partial charge in [0, 0.05) is 44.4 Å². The highest BCUT2D eigenvalue weighted by Gasteiger charge is 2.43. The fraction of sp³-hybridized carbons (Fsp3) is 0.568. The number of esters is 1. The summed E-state index contributed by atoms with van der Waals surface area (Å²) in [7, 11) is 3.46. The highest BCUT2D eigenvalue weighted by molar-refractivity contribution is 6.32. The molecule has 1 aliphatic heterocycles. The number of carbonyl (C=O) groups is 3. The molecule has 2 aromatic rings. The Kier molecular flexibility index (Phi) is 20.0. The number of aliphatic carboxylic acids is 1. The van der Waals surface area contributed by atoms with E-state index in [0.717, 1.165) is 29.5 Å². The van der Waals surface area contributed by atoms with E-state index in [1.165, 1.54) is 7.11 Å². The minimum absolute atomic E-state index is 0.0124.